The van der Waals surface area contributed by atoms with Crippen molar-refractivity contribution in [2.24, 2.45) is 5.16 Å². The number of nitrogens with zero attached hydrogens (tertiary/aromatic N) is 1. The Kier molecular flexibility index (Phi) is 3.47. The van der Waals surface area contributed by atoms with Crippen molar-refractivity contribution in [2.75, 3.05) is 7.11 Å². The average molecular weight is 298 g/mol. The summed E-state index contributed by atoms with van der Waals surface area (Å²) in [7, 11) is 1.62. The molecule has 1 aromatic rings. The van der Waals surface area contributed by atoms with Crippen molar-refractivity contribution in [1.82, 2.24) is 0 Å². The van der Waals surface area contributed by atoms with Gasteiger partial charge in [0.2, 0.25) is 0 Å². The number of fused-ring (bicyclic) bond motifs is 1. The van der Waals surface area contributed by atoms with Crippen LogP contribution < -0.4 is 4.74 Å². The SMILES string of the molecule is COc1ccc(Br)c2c1/C(=N\OC(C)=O)CC2. The molecule has 0 heterocycles. The summed E-state index contributed by atoms with van der Waals surface area (Å²) in [6, 6.07) is 3.82. The first-order chi connectivity index (χ1) is 8.13. The number of halogens is 1. The minimum atomic E-state index is -0.417. The highest BCUT2D eigenvalue weighted by molar-refractivity contribution is 9.10. The van der Waals surface area contributed by atoms with Crippen LogP contribution in [0, 0.1) is 0 Å². The van der Waals surface area contributed by atoms with E-state index in [0.29, 0.717) is 0 Å². The average Bonchev–Trinajstić information content (AvgIpc) is 2.72. The van der Waals surface area contributed by atoms with E-state index >= 15 is 0 Å². The highest BCUT2D eigenvalue weighted by Crippen LogP contribution is 2.36. The summed E-state index contributed by atoms with van der Waals surface area (Å²) < 4.78 is 6.34. The molecule has 0 saturated heterocycles. The Balaban J connectivity index is 2.45. The normalized spacial score (nSPS) is 15.8. The van der Waals surface area contributed by atoms with E-state index in [4.69, 9.17) is 9.57 Å². The minimum absolute atomic E-state index is 0.417. The Labute approximate surface area is 108 Å². The van der Waals surface area contributed by atoms with E-state index < -0.39 is 5.97 Å². The van der Waals surface area contributed by atoms with Gasteiger partial charge in [-0.25, -0.2) is 4.79 Å². The van der Waals surface area contributed by atoms with E-state index in [1.54, 1.807) is 7.11 Å². The van der Waals surface area contributed by atoms with Gasteiger partial charge in [0.25, 0.3) is 0 Å². The van der Waals surface area contributed by atoms with Gasteiger partial charge in [0.1, 0.15) is 5.75 Å². The lowest BCUT2D eigenvalue weighted by molar-refractivity contribution is -0.140. The van der Waals surface area contributed by atoms with Crippen LogP contribution in [0.3, 0.4) is 0 Å². The first-order valence-electron chi connectivity index (χ1n) is 5.23. The monoisotopic (exact) mass is 297 g/mol. The van der Waals surface area contributed by atoms with Crippen LogP contribution in [-0.4, -0.2) is 18.8 Å². The molecular formula is C12H12BrNO3. The highest BCUT2D eigenvalue weighted by Gasteiger charge is 2.25. The first kappa shape index (κ1) is 12.1. The van der Waals surface area contributed by atoms with E-state index in [1.807, 2.05) is 12.1 Å². The van der Waals surface area contributed by atoms with Gasteiger partial charge in [-0.1, -0.05) is 21.1 Å². The number of rotatable bonds is 2. The number of hydrogen-bond donors (Lipinski definition) is 0. The quantitative estimate of drug-likeness (QED) is 0.623. The maximum atomic E-state index is 10.8. The summed E-state index contributed by atoms with van der Waals surface area (Å²) in [5, 5.41) is 3.88. The van der Waals surface area contributed by atoms with Crippen LogP contribution in [0.15, 0.2) is 21.8 Å². The van der Waals surface area contributed by atoms with Crippen LogP contribution in [0.4, 0.5) is 0 Å². The number of oxime groups is 1. The van der Waals surface area contributed by atoms with Crippen LogP contribution >= 0.6 is 15.9 Å². The van der Waals surface area contributed by atoms with E-state index in [-0.39, 0.29) is 0 Å². The third-order valence-corrected chi connectivity index (χ3v) is 3.37. The molecule has 4 nitrogen and oxygen atoms in total. The van der Waals surface area contributed by atoms with Gasteiger partial charge in [0.15, 0.2) is 0 Å². The van der Waals surface area contributed by atoms with Crippen molar-refractivity contribution in [3.63, 3.8) is 0 Å². The van der Waals surface area contributed by atoms with E-state index in [2.05, 4.69) is 21.1 Å². The fourth-order valence-electron chi connectivity index (χ4n) is 1.91. The number of benzene rings is 1. The van der Waals surface area contributed by atoms with Gasteiger partial charge in [-0.05, 0) is 30.5 Å². The molecule has 0 aromatic heterocycles. The third kappa shape index (κ3) is 2.34. The summed E-state index contributed by atoms with van der Waals surface area (Å²) in [5.74, 6) is 0.339. The second-order valence-electron chi connectivity index (χ2n) is 3.72. The summed E-state index contributed by atoms with van der Waals surface area (Å²) in [5.41, 5.74) is 2.84. The molecule has 1 aliphatic rings. The Bertz CT molecular complexity index is 497. The van der Waals surface area contributed by atoms with E-state index in [0.717, 1.165) is 39.9 Å². The molecular weight excluding hydrogens is 286 g/mol. The molecule has 0 radical (unpaired) electrons. The molecule has 0 fully saturated rings. The van der Waals surface area contributed by atoms with Gasteiger partial charge < -0.3 is 9.57 Å². The molecule has 0 aliphatic heterocycles. The Morgan fingerprint density at radius 3 is 2.82 bits per heavy atom. The summed E-state index contributed by atoms with van der Waals surface area (Å²) in [6.07, 6.45) is 1.62. The smallest absolute Gasteiger partial charge is 0.331 e. The number of methoxy groups -OCH3 is 1. The largest absolute Gasteiger partial charge is 0.496 e. The Hall–Kier alpha value is -1.36. The molecule has 2 rings (SSSR count). The van der Waals surface area contributed by atoms with Crippen molar-refractivity contribution >= 4 is 27.6 Å². The molecule has 1 aromatic carbocycles. The lowest BCUT2D eigenvalue weighted by Crippen LogP contribution is -2.02. The molecule has 17 heavy (non-hydrogen) atoms. The van der Waals surface area contributed by atoms with Gasteiger partial charge in [0, 0.05) is 17.0 Å². The van der Waals surface area contributed by atoms with Crippen molar-refractivity contribution in [3.8, 4) is 5.75 Å². The number of carbonyl (C=O) groups is 1. The zero-order valence-corrected chi connectivity index (χ0v) is 11.2. The molecule has 0 atom stereocenters. The molecule has 0 N–H and O–H groups in total. The lowest BCUT2D eigenvalue weighted by Gasteiger charge is -2.08. The molecule has 0 spiro atoms. The fourth-order valence-corrected chi connectivity index (χ4v) is 2.44. The summed E-state index contributed by atoms with van der Waals surface area (Å²) in [6.45, 7) is 1.33. The van der Waals surface area contributed by atoms with Gasteiger partial charge in [-0.2, -0.15) is 0 Å². The molecule has 0 saturated carbocycles. The fraction of sp³-hybridized carbons (Fsp3) is 0.333. The van der Waals surface area contributed by atoms with Crippen LogP contribution in [0.5, 0.6) is 5.75 Å². The second kappa shape index (κ2) is 4.87. The van der Waals surface area contributed by atoms with Gasteiger partial charge in [0.05, 0.1) is 12.8 Å². The first-order valence-corrected chi connectivity index (χ1v) is 6.03. The molecule has 0 bridgehead atoms. The standard InChI is InChI=1S/C12H12BrNO3/c1-7(15)17-14-10-5-3-8-9(13)4-6-11(16-2)12(8)10/h4,6H,3,5H2,1-2H3/b14-10-. The van der Waals surface area contributed by atoms with Crippen LogP contribution in [0.25, 0.3) is 0 Å². The van der Waals surface area contributed by atoms with Crippen molar-refractivity contribution < 1.29 is 14.4 Å². The van der Waals surface area contributed by atoms with Crippen molar-refractivity contribution in [2.45, 2.75) is 19.8 Å². The van der Waals surface area contributed by atoms with Gasteiger partial charge in [-0.3, -0.25) is 0 Å². The van der Waals surface area contributed by atoms with Gasteiger partial charge in [-0.15, -0.1) is 0 Å². The van der Waals surface area contributed by atoms with Gasteiger partial charge >= 0.3 is 5.97 Å². The Morgan fingerprint density at radius 1 is 1.41 bits per heavy atom. The molecule has 1 aliphatic carbocycles. The van der Waals surface area contributed by atoms with Crippen LogP contribution in [0.2, 0.25) is 0 Å². The minimum Gasteiger partial charge on any atom is -0.496 e. The predicted molar refractivity (Wildman–Crippen MR) is 67.3 cm³/mol. The highest BCUT2D eigenvalue weighted by atomic mass is 79.9. The summed E-state index contributed by atoms with van der Waals surface area (Å²) >= 11 is 3.50. The molecule has 90 valence electrons. The van der Waals surface area contributed by atoms with Crippen LogP contribution in [-0.2, 0) is 16.1 Å². The third-order valence-electron chi connectivity index (χ3n) is 2.62. The zero-order chi connectivity index (χ0) is 12.4. The molecule has 5 heteroatoms. The number of hydrogen-bond acceptors (Lipinski definition) is 4. The van der Waals surface area contributed by atoms with E-state index in [9.17, 15) is 4.79 Å². The summed E-state index contributed by atoms with van der Waals surface area (Å²) in [4.78, 5) is 15.5. The van der Waals surface area contributed by atoms with Crippen molar-refractivity contribution in [1.29, 1.82) is 0 Å². The number of carbonyl (C=O) groups excluding carboxylic acids is 1. The predicted octanol–water partition coefficient (Wildman–Crippen LogP) is 2.67. The number of ether oxygens (including phenoxy) is 1. The molecule has 0 unspecified atom stereocenters. The lowest BCUT2D eigenvalue weighted by atomic mass is 10.1. The van der Waals surface area contributed by atoms with E-state index in [1.165, 1.54) is 6.92 Å². The molecule has 0 amide bonds. The maximum Gasteiger partial charge on any atom is 0.331 e. The topological polar surface area (TPSA) is 47.9 Å². The maximum absolute atomic E-state index is 10.8. The second-order valence-corrected chi connectivity index (χ2v) is 4.58. The van der Waals surface area contributed by atoms with Crippen LogP contribution in [0.1, 0.15) is 24.5 Å². The Morgan fingerprint density at radius 2 is 2.18 bits per heavy atom. The van der Waals surface area contributed by atoms with Crippen molar-refractivity contribution in [3.05, 3.63) is 27.7 Å². The zero-order valence-electron chi connectivity index (χ0n) is 9.62.